The molecule has 100 valence electrons. The summed E-state index contributed by atoms with van der Waals surface area (Å²) in [6.07, 6.45) is 0.766. The average molecular weight is 269 g/mol. The Morgan fingerprint density at radius 3 is 2.78 bits per heavy atom. The van der Waals surface area contributed by atoms with E-state index >= 15 is 0 Å². The van der Waals surface area contributed by atoms with E-state index in [9.17, 15) is 0 Å². The van der Waals surface area contributed by atoms with Gasteiger partial charge in [0.2, 0.25) is 0 Å². The molecule has 2 rings (SSSR count). The highest BCUT2D eigenvalue weighted by atomic mass is 32.2. The van der Waals surface area contributed by atoms with Crippen LogP contribution in [0.2, 0.25) is 0 Å². The molecule has 0 radical (unpaired) electrons. The van der Waals surface area contributed by atoms with Gasteiger partial charge in [0, 0.05) is 10.4 Å². The maximum atomic E-state index is 9.08. The van der Waals surface area contributed by atoms with Crippen molar-refractivity contribution in [2.75, 3.05) is 25.6 Å². The fourth-order valence-corrected chi connectivity index (χ4v) is 2.75. The highest BCUT2D eigenvalue weighted by Crippen LogP contribution is 2.34. The average Bonchev–Trinajstić information content (AvgIpc) is 2.38. The normalized spacial score (nSPS) is 17.3. The lowest BCUT2D eigenvalue weighted by Crippen LogP contribution is -2.40. The highest BCUT2D eigenvalue weighted by Gasteiger charge is 2.17. The van der Waals surface area contributed by atoms with E-state index in [1.807, 2.05) is 25.1 Å². The smallest absolute Gasteiger partial charge is 0.162 e. The third kappa shape index (κ3) is 3.54. The maximum Gasteiger partial charge on any atom is 0.162 e. The molecule has 0 spiro atoms. The third-order valence-corrected chi connectivity index (χ3v) is 3.81. The molecule has 0 amide bonds. The van der Waals surface area contributed by atoms with E-state index in [2.05, 4.69) is 0 Å². The summed E-state index contributed by atoms with van der Waals surface area (Å²) in [4.78, 5) is 1.13. The van der Waals surface area contributed by atoms with E-state index in [4.69, 9.17) is 20.3 Å². The molecule has 1 aliphatic heterocycles. The molecule has 0 aliphatic carbocycles. The molecule has 1 heterocycles. The molecule has 1 unspecified atom stereocenters. The van der Waals surface area contributed by atoms with Gasteiger partial charge >= 0.3 is 0 Å². The van der Waals surface area contributed by atoms with Crippen molar-refractivity contribution in [2.45, 2.75) is 23.8 Å². The number of nitrogens with two attached hydrogens (primary N) is 1. The van der Waals surface area contributed by atoms with Crippen molar-refractivity contribution in [1.82, 2.24) is 0 Å². The van der Waals surface area contributed by atoms with E-state index in [0.29, 0.717) is 13.2 Å². The van der Waals surface area contributed by atoms with Crippen molar-refractivity contribution in [3.63, 3.8) is 0 Å². The lowest BCUT2D eigenvalue weighted by Gasteiger charge is -2.21. The number of ether oxygens (including phenoxy) is 2. The van der Waals surface area contributed by atoms with Gasteiger partial charge < -0.3 is 20.3 Å². The number of aliphatic hydroxyl groups is 1. The maximum absolute atomic E-state index is 9.08. The van der Waals surface area contributed by atoms with Gasteiger partial charge in [0.15, 0.2) is 11.5 Å². The monoisotopic (exact) mass is 269 g/mol. The molecular formula is C13H19NO3S. The van der Waals surface area contributed by atoms with Gasteiger partial charge in [-0.25, -0.2) is 0 Å². The van der Waals surface area contributed by atoms with E-state index < -0.39 is 5.54 Å². The summed E-state index contributed by atoms with van der Waals surface area (Å²) in [5.41, 5.74) is 5.38. The summed E-state index contributed by atoms with van der Waals surface area (Å²) in [5, 5.41) is 9.08. The van der Waals surface area contributed by atoms with Crippen LogP contribution < -0.4 is 15.2 Å². The second-order valence-corrected chi connectivity index (χ2v) is 5.88. The van der Waals surface area contributed by atoms with Crippen molar-refractivity contribution in [2.24, 2.45) is 5.73 Å². The van der Waals surface area contributed by atoms with Crippen LogP contribution in [0.25, 0.3) is 0 Å². The Bertz CT molecular complexity index is 409. The van der Waals surface area contributed by atoms with Gasteiger partial charge in [0.25, 0.3) is 0 Å². The fraction of sp³-hybridized carbons (Fsp3) is 0.538. The van der Waals surface area contributed by atoms with E-state index in [0.717, 1.165) is 28.6 Å². The molecule has 0 saturated carbocycles. The summed E-state index contributed by atoms with van der Waals surface area (Å²) in [6.45, 7) is 3.08. The molecule has 5 heteroatoms. The zero-order valence-electron chi connectivity index (χ0n) is 10.5. The number of benzene rings is 1. The van der Waals surface area contributed by atoms with E-state index in [1.54, 1.807) is 11.8 Å². The zero-order valence-corrected chi connectivity index (χ0v) is 11.3. The van der Waals surface area contributed by atoms with Gasteiger partial charge in [-0.15, -0.1) is 11.8 Å². The van der Waals surface area contributed by atoms with Crippen LogP contribution in [-0.4, -0.2) is 36.2 Å². The van der Waals surface area contributed by atoms with Crippen LogP contribution in [0.3, 0.4) is 0 Å². The quantitative estimate of drug-likeness (QED) is 0.796. The summed E-state index contributed by atoms with van der Waals surface area (Å²) in [5.74, 6) is 2.49. The van der Waals surface area contributed by atoms with Gasteiger partial charge in [0.1, 0.15) is 13.2 Å². The van der Waals surface area contributed by atoms with Crippen LogP contribution in [0.1, 0.15) is 13.3 Å². The molecule has 0 saturated heterocycles. The van der Waals surface area contributed by atoms with Crippen LogP contribution in [0.15, 0.2) is 23.1 Å². The van der Waals surface area contributed by atoms with Crippen LogP contribution in [0.5, 0.6) is 11.5 Å². The molecular weight excluding hydrogens is 250 g/mol. The standard InChI is InChI=1S/C13H19NO3S/c1-13(14,9-15)4-7-18-10-2-3-11-12(8-10)17-6-5-16-11/h2-3,8,15H,4-7,9,14H2,1H3. The van der Waals surface area contributed by atoms with Crippen molar-refractivity contribution in [3.8, 4) is 11.5 Å². The predicted octanol–water partition coefficient (Wildman–Crippen LogP) is 1.65. The first-order valence-corrected chi connectivity index (χ1v) is 7.01. The first kappa shape index (κ1) is 13.5. The molecule has 3 N–H and O–H groups in total. The van der Waals surface area contributed by atoms with Crippen LogP contribution in [0.4, 0.5) is 0 Å². The van der Waals surface area contributed by atoms with E-state index in [-0.39, 0.29) is 6.61 Å². The Hall–Kier alpha value is -0.910. The molecule has 0 fully saturated rings. The minimum atomic E-state index is -0.499. The molecule has 18 heavy (non-hydrogen) atoms. The lowest BCUT2D eigenvalue weighted by atomic mass is 10.0. The Labute approximate surface area is 111 Å². The largest absolute Gasteiger partial charge is 0.486 e. The molecule has 1 aliphatic rings. The van der Waals surface area contributed by atoms with Crippen LogP contribution >= 0.6 is 11.8 Å². The topological polar surface area (TPSA) is 64.7 Å². The first-order valence-electron chi connectivity index (χ1n) is 6.03. The number of hydrogen-bond acceptors (Lipinski definition) is 5. The Kier molecular flexibility index (Phi) is 4.37. The molecule has 0 bridgehead atoms. The number of fused-ring (bicyclic) bond motifs is 1. The summed E-state index contributed by atoms with van der Waals surface area (Å²) in [7, 11) is 0. The molecule has 1 aromatic rings. The lowest BCUT2D eigenvalue weighted by molar-refractivity contribution is 0.171. The Morgan fingerprint density at radius 2 is 2.06 bits per heavy atom. The van der Waals surface area contributed by atoms with Gasteiger partial charge in [-0.1, -0.05) is 0 Å². The van der Waals surface area contributed by atoms with Crippen molar-refractivity contribution in [1.29, 1.82) is 0 Å². The summed E-state index contributed by atoms with van der Waals surface area (Å²) in [6, 6.07) is 5.95. The number of hydrogen-bond donors (Lipinski definition) is 2. The Morgan fingerprint density at radius 1 is 1.33 bits per heavy atom. The van der Waals surface area contributed by atoms with Gasteiger partial charge in [-0.3, -0.25) is 0 Å². The molecule has 1 atom stereocenters. The minimum Gasteiger partial charge on any atom is -0.486 e. The van der Waals surface area contributed by atoms with Crippen LogP contribution in [0, 0.1) is 0 Å². The van der Waals surface area contributed by atoms with Crippen molar-refractivity contribution in [3.05, 3.63) is 18.2 Å². The van der Waals surface area contributed by atoms with Gasteiger partial charge in [-0.05, 0) is 37.3 Å². The van der Waals surface area contributed by atoms with Crippen molar-refractivity contribution >= 4 is 11.8 Å². The van der Waals surface area contributed by atoms with E-state index in [1.165, 1.54) is 0 Å². The third-order valence-electron chi connectivity index (χ3n) is 2.82. The first-order chi connectivity index (χ1) is 8.61. The molecule has 1 aromatic carbocycles. The predicted molar refractivity (Wildman–Crippen MR) is 72.5 cm³/mol. The van der Waals surface area contributed by atoms with Gasteiger partial charge in [-0.2, -0.15) is 0 Å². The summed E-state index contributed by atoms with van der Waals surface area (Å²) < 4.78 is 11.0. The number of aliphatic hydroxyl groups excluding tert-OH is 1. The highest BCUT2D eigenvalue weighted by molar-refractivity contribution is 7.99. The molecule has 0 aromatic heterocycles. The summed E-state index contributed by atoms with van der Waals surface area (Å²) >= 11 is 1.71. The fourth-order valence-electron chi connectivity index (χ4n) is 1.59. The van der Waals surface area contributed by atoms with Crippen molar-refractivity contribution < 1.29 is 14.6 Å². The second-order valence-electron chi connectivity index (χ2n) is 4.72. The van der Waals surface area contributed by atoms with Crippen LogP contribution in [-0.2, 0) is 0 Å². The number of thioether (sulfide) groups is 1. The second kappa shape index (κ2) is 5.82. The van der Waals surface area contributed by atoms with Gasteiger partial charge in [0.05, 0.1) is 6.61 Å². The number of rotatable bonds is 5. The zero-order chi connectivity index (χ0) is 13.0. The minimum absolute atomic E-state index is 0.00863. The SMILES string of the molecule is CC(N)(CO)CCSc1ccc2c(c1)OCCO2. The Balaban J connectivity index is 1.90. The molecule has 4 nitrogen and oxygen atoms in total.